The van der Waals surface area contributed by atoms with E-state index in [1.54, 1.807) is 6.20 Å². The average Bonchev–Trinajstić information content (AvgIpc) is 2.52. The van der Waals surface area contributed by atoms with Crippen LogP contribution in [-0.2, 0) is 0 Å². The summed E-state index contributed by atoms with van der Waals surface area (Å²) >= 11 is 0. The van der Waals surface area contributed by atoms with Gasteiger partial charge in [0.2, 0.25) is 0 Å². The third kappa shape index (κ3) is 3.22. The molecular weight excluding hydrogens is 266 g/mol. The molecule has 21 heavy (non-hydrogen) atoms. The van der Waals surface area contributed by atoms with Gasteiger partial charge in [0, 0.05) is 18.3 Å². The van der Waals surface area contributed by atoms with E-state index in [4.69, 9.17) is 0 Å². The third-order valence-electron chi connectivity index (χ3n) is 5.01. The molecule has 0 bridgehead atoms. The van der Waals surface area contributed by atoms with Gasteiger partial charge in [-0.25, -0.2) is 4.79 Å². The highest BCUT2D eigenvalue weighted by Gasteiger charge is 2.30. The molecule has 0 aromatic carbocycles. The zero-order chi connectivity index (χ0) is 14.7. The molecule has 2 fully saturated rings. The smallest absolute Gasteiger partial charge is 0.325 e. The van der Waals surface area contributed by atoms with E-state index in [-0.39, 0.29) is 5.56 Å². The van der Waals surface area contributed by atoms with Crippen molar-refractivity contribution in [1.82, 2.24) is 9.97 Å². The van der Waals surface area contributed by atoms with Gasteiger partial charge in [-0.2, -0.15) is 0 Å². The fourth-order valence-corrected chi connectivity index (χ4v) is 4.00. The highest BCUT2D eigenvalue weighted by Crippen LogP contribution is 2.32. The van der Waals surface area contributed by atoms with Gasteiger partial charge in [-0.05, 0) is 25.7 Å². The molecular formula is C16H25N3O2. The van der Waals surface area contributed by atoms with Crippen molar-refractivity contribution in [3.63, 3.8) is 0 Å². The maximum atomic E-state index is 12.2. The molecule has 116 valence electrons. The number of rotatable bonds is 3. The molecule has 2 saturated carbocycles. The second-order valence-corrected chi connectivity index (χ2v) is 6.45. The lowest BCUT2D eigenvalue weighted by Gasteiger charge is -2.42. The summed E-state index contributed by atoms with van der Waals surface area (Å²) in [6.07, 6.45) is 13.8. The summed E-state index contributed by atoms with van der Waals surface area (Å²) in [5, 5.41) is 0. The summed E-state index contributed by atoms with van der Waals surface area (Å²) in [7, 11) is 0. The predicted molar refractivity (Wildman–Crippen MR) is 83.9 cm³/mol. The van der Waals surface area contributed by atoms with Gasteiger partial charge in [0.25, 0.3) is 5.56 Å². The zero-order valence-corrected chi connectivity index (χ0v) is 12.6. The highest BCUT2D eigenvalue weighted by atomic mass is 16.2. The Morgan fingerprint density at radius 3 is 1.86 bits per heavy atom. The second kappa shape index (κ2) is 6.50. The van der Waals surface area contributed by atoms with Gasteiger partial charge in [-0.15, -0.1) is 0 Å². The molecule has 1 aromatic heterocycles. The van der Waals surface area contributed by atoms with Gasteiger partial charge in [-0.1, -0.05) is 38.5 Å². The molecule has 2 aliphatic rings. The van der Waals surface area contributed by atoms with Crippen molar-refractivity contribution < 1.29 is 0 Å². The molecule has 0 radical (unpaired) electrons. The Kier molecular flexibility index (Phi) is 4.46. The van der Waals surface area contributed by atoms with E-state index in [0.29, 0.717) is 17.8 Å². The van der Waals surface area contributed by atoms with E-state index in [1.165, 1.54) is 38.5 Å². The number of nitrogens with zero attached hydrogens (tertiary/aromatic N) is 1. The Labute approximate surface area is 124 Å². The van der Waals surface area contributed by atoms with Crippen LogP contribution in [-0.4, -0.2) is 22.1 Å². The fraction of sp³-hybridized carbons (Fsp3) is 0.750. The van der Waals surface area contributed by atoms with Crippen molar-refractivity contribution >= 4 is 5.69 Å². The van der Waals surface area contributed by atoms with E-state index in [2.05, 4.69) is 14.9 Å². The summed E-state index contributed by atoms with van der Waals surface area (Å²) in [6.45, 7) is 0. The Balaban J connectivity index is 1.93. The first-order valence-electron chi connectivity index (χ1n) is 8.36. The van der Waals surface area contributed by atoms with Gasteiger partial charge in [-0.3, -0.25) is 9.78 Å². The molecule has 0 amide bonds. The van der Waals surface area contributed by atoms with Crippen molar-refractivity contribution in [1.29, 1.82) is 0 Å². The molecule has 0 atom stereocenters. The second-order valence-electron chi connectivity index (χ2n) is 6.45. The predicted octanol–water partition coefficient (Wildman–Crippen LogP) is 2.54. The monoisotopic (exact) mass is 291 g/mol. The Bertz CT molecular complexity index is 547. The van der Waals surface area contributed by atoms with Gasteiger partial charge >= 0.3 is 5.69 Å². The number of hydrogen-bond acceptors (Lipinski definition) is 3. The lowest BCUT2D eigenvalue weighted by molar-refractivity contribution is 0.339. The van der Waals surface area contributed by atoms with Gasteiger partial charge < -0.3 is 9.88 Å². The number of aromatic amines is 2. The molecule has 1 heterocycles. The van der Waals surface area contributed by atoms with Gasteiger partial charge in [0.1, 0.15) is 5.69 Å². The van der Waals surface area contributed by atoms with Crippen molar-refractivity contribution in [3.05, 3.63) is 27.0 Å². The minimum absolute atomic E-state index is 0.241. The first-order valence-corrected chi connectivity index (χ1v) is 8.36. The topological polar surface area (TPSA) is 69.0 Å². The largest absolute Gasteiger partial charge is 0.360 e. The van der Waals surface area contributed by atoms with Crippen LogP contribution >= 0.6 is 0 Å². The number of H-pyrrole nitrogens is 2. The lowest BCUT2D eigenvalue weighted by Crippen LogP contribution is -2.48. The molecule has 5 heteroatoms. The normalized spacial score (nSPS) is 21.3. The van der Waals surface area contributed by atoms with Gasteiger partial charge in [0.05, 0.1) is 0 Å². The van der Waals surface area contributed by atoms with Crippen LogP contribution in [0.5, 0.6) is 0 Å². The summed E-state index contributed by atoms with van der Waals surface area (Å²) in [6, 6.07) is 0.905. The fourth-order valence-electron chi connectivity index (χ4n) is 4.00. The van der Waals surface area contributed by atoms with Crippen molar-refractivity contribution in [3.8, 4) is 0 Å². The molecule has 2 aliphatic carbocycles. The van der Waals surface area contributed by atoms with Crippen molar-refractivity contribution in [2.75, 3.05) is 4.90 Å². The third-order valence-corrected chi connectivity index (χ3v) is 5.01. The van der Waals surface area contributed by atoms with Crippen molar-refractivity contribution in [2.24, 2.45) is 0 Å². The van der Waals surface area contributed by atoms with Gasteiger partial charge in [0.15, 0.2) is 0 Å². The SMILES string of the molecule is O=c1[nH]cc(N(C2CCCCC2)C2CCCCC2)c(=O)[nH]1. The first kappa shape index (κ1) is 14.4. The van der Waals surface area contributed by atoms with Crippen LogP contribution in [0.2, 0.25) is 0 Å². The summed E-state index contributed by atoms with van der Waals surface area (Å²) < 4.78 is 0. The molecule has 1 aromatic rings. The number of aromatic nitrogens is 2. The van der Waals surface area contributed by atoms with Crippen LogP contribution in [0.1, 0.15) is 64.2 Å². The van der Waals surface area contributed by atoms with Crippen LogP contribution in [0.15, 0.2) is 15.8 Å². The standard InChI is InChI=1S/C16H25N3O2/c20-15-14(11-17-16(21)18-15)19(12-7-3-1-4-8-12)13-9-5-2-6-10-13/h11-13H,1-10H2,(H2,17,18,20,21). The zero-order valence-electron chi connectivity index (χ0n) is 12.6. The Morgan fingerprint density at radius 2 is 1.38 bits per heavy atom. The van der Waals surface area contributed by atoms with E-state index in [1.807, 2.05) is 0 Å². The van der Waals surface area contributed by atoms with Crippen molar-refractivity contribution in [2.45, 2.75) is 76.3 Å². The minimum Gasteiger partial charge on any atom is -0.360 e. The molecule has 5 nitrogen and oxygen atoms in total. The average molecular weight is 291 g/mol. The van der Waals surface area contributed by atoms with E-state index in [0.717, 1.165) is 25.7 Å². The van der Waals surface area contributed by atoms with E-state index < -0.39 is 5.69 Å². The summed E-state index contributed by atoms with van der Waals surface area (Å²) in [5.74, 6) is 0. The van der Waals surface area contributed by atoms with Crippen LogP contribution in [0, 0.1) is 0 Å². The maximum Gasteiger partial charge on any atom is 0.325 e. The van der Waals surface area contributed by atoms with Crippen LogP contribution in [0.25, 0.3) is 0 Å². The summed E-state index contributed by atoms with van der Waals surface area (Å²) in [5.41, 5.74) is -0.000662. The van der Waals surface area contributed by atoms with Crippen LogP contribution in [0.3, 0.4) is 0 Å². The van der Waals surface area contributed by atoms with E-state index >= 15 is 0 Å². The first-order chi connectivity index (χ1) is 10.3. The highest BCUT2D eigenvalue weighted by molar-refractivity contribution is 5.44. The lowest BCUT2D eigenvalue weighted by atomic mass is 9.88. The van der Waals surface area contributed by atoms with E-state index in [9.17, 15) is 9.59 Å². The number of hydrogen-bond donors (Lipinski definition) is 2. The molecule has 0 spiro atoms. The van der Waals surface area contributed by atoms with Crippen LogP contribution < -0.4 is 16.1 Å². The maximum absolute atomic E-state index is 12.2. The molecule has 0 saturated heterocycles. The quantitative estimate of drug-likeness (QED) is 0.899. The molecule has 3 rings (SSSR count). The molecule has 2 N–H and O–H groups in total. The minimum atomic E-state index is -0.420. The number of anilines is 1. The van der Waals surface area contributed by atoms with Crippen LogP contribution in [0.4, 0.5) is 5.69 Å². The molecule has 0 unspecified atom stereocenters. The molecule has 0 aliphatic heterocycles. The number of nitrogens with one attached hydrogen (secondary N) is 2. The summed E-state index contributed by atoms with van der Waals surface area (Å²) in [4.78, 5) is 30.9. The Hall–Kier alpha value is -1.52. The Morgan fingerprint density at radius 1 is 0.857 bits per heavy atom.